The van der Waals surface area contributed by atoms with Crippen molar-refractivity contribution in [1.29, 1.82) is 0 Å². The zero-order valence-electron chi connectivity index (χ0n) is 41.9. The lowest BCUT2D eigenvalue weighted by Crippen LogP contribution is -2.17. The minimum Gasteiger partial charge on any atom is -0.507 e. The molecule has 0 radical (unpaired) electrons. The fourth-order valence-corrected chi connectivity index (χ4v) is 8.92. The van der Waals surface area contributed by atoms with Crippen LogP contribution < -0.4 is 0 Å². The standard InChI is InChI=1S/C61H67N3O/c1-38(2)30-40-22-27-54(50(31-40)43-18-15-14-16-19-43)64-55-21-17-20-49(56(55)63-58(64)51-36-48(60(8,9)10)37-52(57(51)65)61(11,12)13)45-32-46(34-47(33-45)59(5,6)7)53-35-44(28-29-62-53)42-25-23-41(24-26-42)39(3)4/h14-29,31-39,65H,30H2,1-13H3/i39D. The summed E-state index contributed by atoms with van der Waals surface area (Å²) in [4.78, 5) is 10.7. The summed E-state index contributed by atoms with van der Waals surface area (Å²) in [6.45, 7) is 28.4. The fourth-order valence-electron chi connectivity index (χ4n) is 8.92. The number of phenolic OH excluding ortho intramolecular Hbond substituents is 1. The lowest BCUT2D eigenvalue weighted by Gasteiger charge is -2.27. The van der Waals surface area contributed by atoms with E-state index >= 15 is 0 Å². The topological polar surface area (TPSA) is 50.9 Å². The van der Waals surface area contributed by atoms with Crippen molar-refractivity contribution < 1.29 is 6.48 Å². The first-order valence-corrected chi connectivity index (χ1v) is 23.3. The van der Waals surface area contributed by atoms with Crippen molar-refractivity contribution in [1.82, 2.24) is 14.5 Å². The van der Waals surface area contributed by atoms with Crippen LogP contribution in [-0.4, -0.2) is 19.6 Å². The summed E-state index contributed by atoms with van der Waals surface area (Å²) in [5, 5.41) is 12.6. The quantitative estimate of drug-likeness (QED) is 0.157. The van der Waals surface area contributed by atoms with E-state index in [-0.39, 0.29) is 22.0 Å². The van der Waals surface area contributed by atoms with Crippen LogP contribution in [0.4, 0.5) is 0 Å². The van der Waals surface area contributed by atoms with E-state index in [1.54, 1.807) is 0 Å². The van der Waals surface area contributed by atoms with Crippen LogP contribution in [-0.2, 0) is 22.7 Å². The van der Waals surface area contributed by atoms with E-state index in [4.69, 9.17) is 11.3 Å². The summed E-state index contributed by atoms with van der Waals surface area (Å²) >= 11 is 0. The molecule has 0 spiro atoms. The summed E-state index contributed by atoms with van der Waals surface area (Å²) in [6.07, 6.45) is 2.86. The number of hydrogen-bond donors (Lipinski definition) is 1. The maximum atomic E-state index is 12.6. The van der Waals surface area contributed by atoms with E-state index in [1.165, 1.54) is 11.1 Å². The average Bonchev–Trinajstić information content (AvgIpc) is 3.64. The van der Waals surface area contributed by atoms with E-state index < -0.39 is 5.89 Å². The number of benzene rings is 6. The third-order valence-corrected chi connectivity index (χ3v) is 12.7. The first-order chi connectivity index (χ1) is 31.0. The van der Waals surface area contributed by atoms with E-state index in [2.05, 4.69) is 214 Å². The van der Waals surface area contributed by atoms with E-state index in [1.807, 2.05) is 20.0 Å². The third kappa shape index (κ3) is 9.32. The first-order valence-electron chi connectivity index (χ1n) is 23.8. The molecule has 8 rings (SSSR count). The molecule has 0 saturated heterocycles. The van der Waals surface area contributed by atoms with Gasteiger partial charge in [-0.1, -0.05) is 175 Å². The number of para-hydroxylation sites is 1. The highest BCUT2D eigenvalue weighted by Gasteiger charge is 2.30. The SMILES string of the molecule is [2H]C(C)(C)c1ccc(-c2ccnc(-c3cc(-c4cccc5c4nc(-c4cc(C(C)(C)C)cc(C(C)(C)C)c4O)n5-c4ccc(CC(C)C)cc4-c4ccccc4)cc(C(C)(C)C)c3)c2)cc1. The molecule has 2 aromatic heterocycles. The number of hydrogen-bond acceptors (Lipinski definition) is 3. The lowest BCUT2D eigenvalue weighted by atomic mass is 9.79. The molecule has 0 amide bonds. The van der Waals surface area contributed by atoms with Crippen LogP contribution in [0.25, 0.3) is 72.7 Å². The van der Waals surface area contributed by atoms with Gasteiger partial charge in [0.15, 0.2) is 0 Å². The zero-order chi connectivity index (χ0) is 47.5. The van der Waals surface area contributed by atoms with Crippen LogP contribution in [0.5, 0.6) is 5.75 Å². The molecule has 0 aliphatic carbocycles. The highest BCUT2D eigenvalue weighted by Crippen LogP contribution is 2.46. The van der Waals surface area contributed by atoms with Gasteiger partial charge in [-0.05, 0) is 128 Å². The highest BCUT2D eigenvalue weighted by atomic mass is 16.3. The summed E-state index contributed by atoms with van der Waals surface area (Å²) in [7, 11) is 0. The van der Waals surface area contributed by atoms with Gasteiger partial charge in [0, 0.05) is 29.8 Å². The van der Waals surface area contributed by atoms with Gasteiger partial charge in [0.1, 0.15) is 11.6 Å². The Morgan fingerprint density at radius 3 is 1.89 bits per heavy atom. The van der Waals surface area contributed by atoms with Gasteiger partial charge in [-0.3, -0.25) is 9.55 Å². The van der Waals surface area contributed by atoms with Crippen molar-refractivity contribution in [2.75, 3.05) is 0 Å². The second kappa shape index (κ2) is 17.3. The van der Waals surface area contributed by atoms with Gasteiger partial charge in [-0.15, -0.1) is 0 Å². The molecule has 0 unspecified atom stereocenters. The number of aromatic nitrogens is 3. The predicted molar refractivity (Wildman–Crippen MR) is 276 cm³/mol. The molecule has 0 atom stereocenters. The maximum absolute atomic E-state index is 12.6. The molecule has 0 saturated carbocycles. The lowest BCUT2D eigenvalue weighted by molar-refractivity contribution is 0.446. The van der Waals surface area contributed by atoms with Crippen molar-refractivity contribution in [3.8, 4) is 67.5 Å². The molecule has 2 heterocycles. The van der Waals surface area contributed by atoms with Crippen molar-refractivity contribution in [3.63, 3.8) is 0 Å². The fraction of sp³-hybridized carbons (Fsp3) is 0.311. The number of nitrogens with zero attached hydrogens (tertiary/aromatic N) is 3. The van der Waals surface area contributed by atoms with Gasteiger partial charge >= 0.3 is 0 Å². The molecule has 332 valence electrons. The van der Waals surface area contributed by atoms with Crippen LogP contribution in [0.2, 0.25) is 0 Å². The van der Waals surface area contributed by atoms with Crippen LogP contribution in [0.15, 0.2) is 140 Å². The van der Waals surface area contributed by atoms with Crippen LogP contribution in [0.1, 0.15) is 125 Å². The zero-order valence-corrected chi connectivity index (χ0v) is 40.9. The summed E-state index contributed by atoms with van der Waals surface area (Å²) in [6, 6.07) is 47.8. The Kier molecular flexibility index (Phi) is 11.7. The first kappa shape index (κ1) is 44.0. The Balaban J connectivity index is 1.42. The van der Waals surface area contributed by atoms with Gasteiger partial charge in [-0.2, -0.15) is 0 Å². The van der Waals surface area contributed by atoms with Crippen LogP contribution in [0.3, 0.4) is 0 Å². The highest BCUT2D eigenvalue weighted by molar-refractivity contribution is 5.98. The Morgan fingerprint density at radius 2 is 1.25 bits per heavy atom. The molecule has 1 N–H and O–H groups in total. The normalized spacial score (nSPS) is 12.9. The second-order valence-electron chi connectivity index (χ2n) is 21.7. The van der Waals surface area contributed by atoms with E-state index in [0.717, 1.165) is 84.5 Å². The minimum atomic E-state index is -0.667. The van der Waals surface area contributed by atoms with E-state index in [9.17, 15) is 5.11 Å². The summed E-state index contributed by atoms with van der Waals surface area (Å²) in [5.41, 5.74) is 16.7. The Labute approximate surface area is 389 Å². The molecule has 0 aliphatic rings. The number of aromatic hydroxyl groups is 1. The predicted octanol–water partition coefficient (Wildman–Crippen LogP) is 16.7. The number of rotatable bonds is 9. The second-order valence-corrected chi connectivity index (χ2v) is 21.7. The minimum absolute atomic E-state index is 0.162. The van der Waals surface area contributed by atoms with Gasteiger partial charge < -0.3 is 5.11 Å². The van der Waals surface area contributed by atoms with Gasteiger partial charge in [0.05, 0.1) is 28.0 Å². The molecular formula is C61H67N3O. The Hall–Kier alpha value is -6.26. The summed E-state index contributed by atoms with van der Waals surface area (Å²) < 4.78 is 10.8. The summed E-state index contributed by atoms with van der Waals surface area (Å²) in [5.74, 6) is 0.785. The molecule has 0 bridgehead atoms. The Bertz CT molecular complexity index is 3060. The molecular weight excluding hydrogens is 791 g/mol. The van der Waals surface area contributed by atoms with Crippen molar-refractivity contribution >= 4 is 11.0 Å². The molecule has 0 fully saturated rings. The third-order valence-electron chi connectivity index (χ3n) is 12.7. The average molecular weight is 859 g/mol. The molecule has 4 nitrogen and oxygen atoms in total. The smallest absolute Gasteiger partial charge is 0.149 e. The molecule has 0 aliphatic heterocycles. The largest absolute Gasteiger partial charge is 0.507 e. The number of imidazole rings is 1. The molecule has 65 heavy (non-hydrogen) atoms. The van der Waals surface area contributed by atoms with Crippen molar-refractivity contribution in [2.24, 2.45) is 5.92 Å². The maximum Gasteiger partial charge on any atom is 0.149 e. The molecule has 6 aromatic carbocycles. The van der Waals surface area contributed by atoms with Crippen LogP contribution in [0, 0.1) is 5.92 Å². The van der Waals surface area contributed by atoms with Gasteiger partial charge in [0.25, 0.3) is 0 Å². The molecule has 8 aromatic rings. The van der Waals surface area contributed by atoms with Crippen molar-refractivity contribution in [2.45, 2.75) is 119 Å². The Morgan fingerprint density at radius 1 is 0.569 bits per heavy atom. The van der Waals surface area contributed by atoms with Crippen LogP contribution >= 0.6 is 0 Å². The van der Waals surface area contributed by atoms with E-state index in [0.29, 0.717) is 17.3 Å². The monoisotopic (exact) mass is 859 g/mol. The number of phenols is 1. The number of pyridine rings is 1. The van der Waals surface area contributed by atoms with Gasteiger partial charge in [0.2, 0.25) is 0 Å². The van der Waals surface area contributed by atoms with Gasteiger partial charge in [-0.25, -0.2) is 4.98 Å². The molecule has 4 heteroatoms. The number of fused-ring (bicyclic) bond motifs is 1. The van der Waals surface area contributed by atoms with Crippen molar-refractivity contribution in [3.05, 3.63) is 167 Å².